The molecule has 0 aromatic carbocycles. The van der Waals surface area contributed by atoms with E-state index in [1.807, 2.05) is 24.7 Å². The molecular formula is C17H25N3O2. The number of hydrogen-bond acceptors (Lipinski definition) is 4. The second kappa shape index (κ2) is 6.26. The smallest absolute Gasteiger partial charge is 0.118 e. The molecule has 0 fully saturated rings. The number of rotatable bonds is 5. The van der Waals surface area contributed by atoms with Gasteiger partial charge in [-0.2, -0.15) is 5.10 Å². The molecule has 0 spiro atoms. The molecule has 2 aromatic heterocycles. The number of hydrogen-bond donors (Lipinski definition) is 0. The van der Waals surface area contributed by atoms with Crippen LogP contribution >= 0.6 is 0 Å². The number of aromatic nitrogens is 2. The Morgan fingerprint density at radius 1 is 1.36 bits per heavy atom. The molecule has 3 heterocycles. The molecule has 120 valence electrons. The van der Waals surface area contributed by atoms with Crippen LogP contribution in [0.4, 0.5) is 0 Å². The van der Waals surface area contributed by atoms with E-state index in [0.717, 1.165) is 43.3 Å². The van der Waals surface area contributed by atoms with Crippen molar-refractivity contribution in [2.24, 2.45) is 7.05 Å². The van der Waals surface area contributed by atoms with Gasteiger partial charge in [0.05, 0.1) is 30.6 Å². The Morgan fingerprint density at radius 2 is 2.18 bits per heavy atom. The van der Waals surface area contributed by atoms with Crippen molar-refractivity contribution in [3.63, 3.8) is 0 Å². The van der Waals surface area contributed by atoms with E-state index in [1.165, 1.54) is 11.3 Å². The molecule has 1 aliphatic rings. The van der Waals surface area contributed by atoms with Gasteiger partial charge in [0.1, 0.15) is 11.5 Å². The molecule has 3 rings (SSSR count). The minimum absolute atomic E-state index is 0.236. The Kier molecular flexibility index (Phi) is 4.36. The second-order valence-electron chi connectivity index (χ2n) is 6.33. The minimum Gasteiger partial charge on any atom is -0.465 e. The van der Waals surface area contributed by atoms with Crippen LogP contribution < -0.4 is 0 Å². The standard InChI is InChI=1S/C17H25N3O2/c1-12(2)21-11-16-15-7-8-20(10-17(15)19(4)18-16)9-14-6-5-13(3)22-14/h5-6,12H,7-11H2,1-4H3. The molecule has 0 amide bonds. The van der Waals surface area contributed by atoms with E-state index in [-0.39, 0.29) is 6.10 Å². The van der Waals surface area contributed by atoms with Crippen LogP contribution in [-0.2, 0) is 37.9 Å². The predicted molar refractivity (Wildman–Crippen MR) is 84.4 cm³/mol. The number of ether oxygens (including phenoxy) is 1. The third kappa shape index (κ3) is 3.25. The van der Waals surface area contributed by atoms with Crippen LogP contribution in [0.25, 0.3) is 0 Å². The van der Waals surface area contributed by atoms with Gasteiger partial charge in [-0.25, -0.2) is 0 Å². The summed E-state index contributed by atoms with van der Waals surface area (Å²) < 4.78 is 13.4. The highest BCUT2D eigenvalue weighted by molar-refractivity contribution is 5.28. The third-order valence-corrected chi connectivity index (χ3v) is 4.14. The SMILES string of the molecule is Cc1ccc(CN2CCc3c(COC(C)C)nn(C)c3C2)o1. The summed E-state index contributed by atoms with van der Waals surface area (Å²) in [6.07, 6.45) is 1.26. The van der Waals surface area contributed by atoms with Crippen LogP contribution in [-0.4, -0.2) is 27.3 Å². The molecule has 22 heavy (non-hydrogen) atoms. The number of fused-ring (bicyclic) bond motifs is 1. The van der Waals surface area contributed by atoms with Gasteiger partial charge in [-0.15, -0.1) is 0 Å². The van der Waals surface area contributed by atoms with E-state index < -0.39 is 0 Å². The first kappa shape index (κ1) is 15.3. The fourth-order valence-corrected chi connectivity index (χ4v) is 3.00. The van der Waals surface area contributed by atoms with Crippen molar-refractivity contribution in [3.8, 4) is 0 Å². The van der Waals surface area contributed by atoms with Crippen LogP contribution in [0.15, 0.2) is 16.5 Å². The minimum atomic E-state index is 0.236. The van der Waals surface area contributed by atoms with Gasteiger partial charge >= 0.3 is 0 Å². The molecule has 0 unspecified atom stereocenters. The first-order valence-electron chi connectivity index (χ1n) is 7.96. The quantitative estimate of drug-likeness (QED) is 0.852. The van der Waals surface area contributed by atoms with E-state index in [1.54, 1.807) is 0 Å². The zero-order chi connectivity index (χ0) is 15.7. The summed E-state index contributed by atoms with van der Waals surface area (Å²) in [5.74, 6) is 2.01. The van der Waals surface area contributed by atoms with Gasteiger partial charge in [-0.1, -0.05) is 0 Å². The summed E-state index contributed by atoms with van der Waals surface area (Å²) >= 11 is 0. The van der Waals surface area contributed by atoms with Gasteiger partial charge in [-0.05, 0) is 39.3 Å². The van der Waals surface area contributed by atoms with Crippen LogP contribution in [0, 0.1) is 6.92 Å². The molecule has 2 aromatic rings. The number of nitrogens with zero attached hydrogens (tertiary/aromatic N) is 3. The van der Waals surface area contributed by atoms with Crippen molar-refractivity contribution < 1.29 is 9.15 Å². The Morgan fingerprint density at radius 3 is 2.86 bits per heavy atom. The van der Waals surface area contributed by atoms with Gasteiger partial charge in [-0.3, -0.25) is 9.58 Å². The fraction of sp³-hybridized carbons (Fsp3) is 0.588. The zero-order valence-corrected chi connectivity index (χ0v) is 13.9. The van der Waals surface area contributed by atoms with Gasteiger partial charge in [0, 0.05) is 25.7 Å². The van der Waals surface area contributed by atoms with Crippen molar-refractivity contribution in [2.45, 2.75) is 53.0 Å². The Bertz CT molecular complexity index is 642. The van der Waals surface area contributed by atoms with Crippen molar-refractivity contribution in [3.05, 3.63) is 40.6 Å². The lowest BCUT2D eigenvalue weighted by molar-refractivity contribution is 0.0627. The second-order valence-corrected chi connectivity index (χ2v) is 6.33. The van der Waals surface area contributed by atoms with Crippen LogP contribution in [0.5, 0.6) is 0 Å². The molecule has 0 saturated heterocycles. The van der Waals surface area contributed by atoms with Gasteiger partial charge < -0.3 is 9.15 Å². The van der Waals surface area contributed by atoms with Gasteiger partial charge in [0.15, 0.2) is 0 Å². The van der Waals surface area contributed by atoms with E-state index >= 15 is 0 Å². The molecule has 1 aliphatic heterocycles. The van der Waals surface area contributed by atoms with Gasteiger partial charge in [0.25, 0.3) is 0 Å². The average Bonchev–Trinajstić information content (AvgIpc) is 3.01. The highest BCUT2D eigenvalue weighted by atomic mass is 16.5. The first-order chi connectivity index (χ1) is 10.5. The summed E-state index contributed by atoms with van der Waals surface area (Å²) in [7, 11) is 2.03. The molecule has 0 aliphatic carbocycles. The highest BCUT2D eigenvalue weighted by Gasteiger charge is 2.24. The van der Waals surface area contributed by atoms with Crippen LogP contribution in [0.3, 0.4) is 0 Å². The summed E-state index contributed by atoms with van der Waals surface area (Å²) in [4.78, 5) is 2.41. The molecule has 0 N–H and O–H groups in total. The van der Waals surface area contributed by atoms with E-state index in [9.17, 15) is 0 Å². The maximum Gasteiger partial charge on any atom is 0.118 e. The summed E-state index contributed by atoms with van der Waals surface area (Å²) in [6, 6.07) is 4.09. The fourth-order valence-electron chi connectivity index (χ4n) is 3.00. The first-order valence-corrected chi connectivity index (χ1v) is 7.96. The molecule has 0 atom stereocenters. The number of furan rings is 1. The third-order valence-electron chi connectivity index (χ3n) is 4.14. The van der Waals surface area contributed by atoms with Crippen molar-refractivity contribution in [1.82, 2.24) is 14.7 Å². The molecule has 0 saturated carbocycles. The largest absolute Gasteiger partial charge is 0.465 e. The summed E-state index contributed by atoms with van der Waals surface area (Å²) in [6.45, 7) is 9.52. The normalized spacial score (nSPS) is 15.5. The van der Waals surface area contributed by atoms with Gasteiger partial charge in [0.2, 0.25) is 0 Å². The molecule has 5 nitrogen and oxygen atoms in total. The van der Waals surface area contributed by atoms with Crippen molar-refractivity contribution >= 4 is 0 Å². The predicted octanol–water partition coefficient (Wildman–Crippen LogP) is 2.80. The monoisotopic (exact) mass is 303 g/mol. The number of aryl methyl sites for hydroxylation is 2. The van der Waals surface area contributed by atoms with E-state index in [2.05, 4.69) is 29.9 Å². The molecule has 0 bridgehead atoms. The zero-order valence-electron chi connectivity index (χ0n) is 13.9. The van der Waals surface area contributed by atoms with E-state index in [4.69, 9.17) is 9.15 Å². The molecule has 0 radical (unpaired) electrons. The van der Waals surface area contributed by atoms with Crippen molar-refractivity contribution in [2.75, 3.05) is 6.54 Å². The highest BCUT2D eigenvalue weighted by Crippen LogP contribution is 2.24. The lowest BCUT2D eigenvalue weighted by Gasteiger charge is -2.26. The maximum atomic E-state index is 5.73. The van der Waals surface area contributed by atoms with Crippen LogP contribution in [0.1, 0.15) is 42.3 Å². The van der Waals surface area contributed by atoms with Crippen LogP contribution in [0.2, 0.25) is 0 Å². The lowest BCUT2D eigenvalue weighted by atomic mass is 10.0. The lowest BCUT2D eigenvalue weighted by Crippen LogP contribution is -2.31. The topological polar surface area (TPSA) is 43.4 Å². The maximum absolute atomic E-state index is 5.73. The van der Waals surface area contributed by atoms with Crippen molar-refractivity contribution in [1.29, 1.82) is 0 Å². The molecular weight excluding hydrogens is 278 g/mol. The Hall–Kier alpha value is -1.59. The molecule has 5 heteroatoms. The summed E-state index contributed by atoms with van der Waals surface area (Å²) in [5.41, 5.74) is 3.77. The Labute approximate surface area is 131 Å². The Balaban J connectivity index is 1.70. The summed E-state index contributed by atoms with van der Waals surface area (Å²) in [5, 5.41) is 4.65. The van der Waals surface area contributed by atoms with E-state index in [0.29, 0.717) is 6.61 Å². The average molecular weight is 303 g/mol.